The molecule has 1 aliphatic rings. The van der Waals surface area contributed by atoms with Crippen molar-refractivity contribution in [3.8, 4) is 0 Å². The Labute approximate surface area is 141 Å². The fourth-order valence-electron chi connectivity index (χ4n) is 3.03. The molecule has 2 heterocycles. The van der Waals surface area contributed by atoms with Gasteiger partial charge in [0.1, 0.15) is 0 Å². The largest absolute Gasteiger partial charge is 0.393 e. The van der Waals surface area contributed by atoms with Crippen LogP contribution < -0.4 is 5.32 Å². The fraction of sp³-hybridized carbons (Fsp3) is 0.500. The van der Waals surface area contributed by atoms with Crippen molar-refractivity contribution in [2.45, 2.75) is 51.3 Å². The first-order valence-corrected chi connectivity index (χ1v) is 8.46. The number of aromatic nitrogens is 3. The lowest BCUT2D eigenvalue weighted by atomic mass is 9.76. The van der Waals surface area contributed by atoms with E-state index in [1.165, 1.54) is 0 Å². The maximum absolute atomic E-state index is 12.6. The molecular formula is C18H24N4O2. The number of hydrogen-bond acceptors (Lipinski definition) is 4. The topological polar surface area (TPSA) is 80.0 Å². The quantitative estimate of drug-likeness (QED) is 0.849. The number of nitrogens with zero attached hydrogens (tertiary/aromatic N) is 3. The summed E-state index contributed by atoms with van der Waals surface area (Å²) in [5.41, 5.74) is 1.51. The van der Waals surface area contributed by atoms with Crippen molar-refractivity contribution in [2.24, 2.45) is 5.92 Å². The van der Waals surface area contributed by atoms with Gasteiger partial charge in [-0.2, -0.15) is 5.10 Å². The molecule has 1 saturated carbocycles. The Morgan fingerprint density at radius 1 is 1.42 bits per heavy atom. The summed E-state index contributed by atoms with van der Waals surface area (Å²) in [4.78, 5) is 16.9. The van der Waals surface area contributed by atoms with Gasteiger partial charge in [-0.15, -0.1) is 0 Å². The predicted molar refractivity (Wildman–Crippen MR) is 90.5 cm³/mol. The van der Waals surface area contributed by atoms with Crippen LogP contribution in [-0.4, -0.2) is 37.9 Å². The number of carbonyl (C=O) groups is 1. The minimum atomic E-state index is -0.248. The van der Waals surface area contributed by atoms with Gasteiger partial charge in [-0.3, -0.25) is 14.5 Å². The van der Waals surface area contributed by atoms with E-state index in [4.69, 9.17) is 0 Å². The molecule has 1 fully saturated rings. The molecule has 6 heteroatoms. The number of hydrogen-bond donors (Lipinski definition) is 2. The summed E-state index contributed by atoms with van der Waals surface area (Å²) in [6, 6.07) is 5.98. The van der Waals surface area contributed by atoms with Gasteiger partial charge in [-0.05, 0) is 44.7 Å². The third-order valence-corrected chi connectivity index (χ3v) is 4.58. The normalized spacial score (nSPS) is 21.3. The zero-order valence-corrected chi connectivity index (χ0v) is 14.1. The monoisotopic (exact) mass is 328 g/mol. The lowest BCUT2D eigenvalue weighted by molar-refractivity contribution is 0.0238. The number of aliphatic hydroxyl groups is 1. The van der Waals surface area contributed by atoms with Crippen molar-refractivity contribution in [1.82, 2.24) is 20.1 Å². The number of aliphatic hydroxyl groups excluding tert-OH is 1. The van der Waals surface area contributed by atoms with Crippen LogP contribution in [-0.2, 0) is 6.42 Å². The van der Waals surface area contributed by atoms with E-state index >= 15 is 0 Å². The summed E-state index contributed by atoms with van der Waals surface area (Å²) in [7, 11) is 0. The summed E-state index contributed by atoms with van der Waals surface area (Å²) in [5, 5.41) is 16.9. The molecule has 0 aliphatic heterocycles. The fourth-order valence-corrected chi connectivity index (χ4v) is 3.03. The van der Waals surface area contributed by atoms with Crippen LogP contribution in [0.25, 0.3) is 0 Å². The van der Waals surface area contributed by atoms with Gasteiger partial charge in [-0.25, -0.2) is 0 Å². The van der Waals surface area contributed by atoms with E-state index < -0.39 is 0 Å². The van der Waals surface area contributed by atoms with Crippen molar-refractivity contribution in [3.05, 3.63) is 48.0 Å². The third kappa shape index (κ3) is 3.82. The van der Waals surface area contributed by atoms with E-state index in [9.17, 15) is 9.90 Å². The molecule has 128 valence electrons. The number of rotatable bonds is 6. The first-order valence-electron chi connectivity index (χ1n) is 8.46. The third-order valence-electron chi connectivity index (χ3n) is 4.58. The van der Waals surface area contributed by atoms with Crippen LogP contribution in [0.4, 0.5) is 0 Å². The second kappa shape index (κ2) is 7.13. The van der Waals surface area contributed by atoms with Gasteiger partial charge in [0.2, 0.25) is 0 Å². The summed E-state index contributed by atoms with van der Waals surface area (Å²) < 4.78 is 1.77. The average Bonchev–Trinajstić information content (AvgIpc) is 3.02. The second-order valence-electron chi connectivity index (χ2n) is 6.79. The van der Waals surface area contributed by atoms with Crippen LogP contribution >= 0.6 is 0 Å². The Hall–Kier alpha value is -2.21. The predicted octanol–water partition coefficient (Wildman–Crippen LogP) is 1.97. The smallest absolute Gasteiger partial charge is 0.254 e. The van der Waals surface area contributed by atoms with E-state index in [1.807, 2.05) is 32.0 Å². The van der Waals surface area contributed by atoms with Crippen molar-refractivity contribution in [3.63, 3.8) is 0 Å². The van der Waals surface area contributed by atoms with E-state index in [-0.39, 0.29) is 30.0 Å². The highest BCUT2D eigenvalue weighted by Crippen LogP contribution is 2.31. The zero-order valence-electron chi connectivity index (χ0n) is 14.1. The molecule has 3 rings (SSSR count). The lowest BCUT2D eigenvalue weighted by Crippen LogP contribution is -2.48. The van der Waals surface area contributed by atoms with Gasteiger partial charge in [0.05, 0.1) is 17.9 Å². The van der Waals surface area contributed by atoms with Crippen LogP contribution in [0.5, 0.6) is 0 Å². The number of carbonyl (C=O) groups excluding carboxylic acids is 1. The Morgan fingerprint density at radius 2 is 2.21 bits per heavy atom. The molecule has 0 bridgehead atoms. The molecule has 0 saturated heterocycles. The average molecular weight is 328 g/mol. The maximum Gasteiger partial charge on any atom is 0.254 e. The Kier molecular flexibility index (Phi) is 4.94. The highest BCUT2D eigenvalue weighted by atomic mass is 16.3. The second-order valence-corrected chi connectivity index (χ2v) is 6.79. The van der Waals surface area contributed by atoms with E-state index in [0.717, 1.165) is 18.5 Å². The van der Waals surface area contributed by atoms with E-state index in [1.54, 1.807) is 23.3 Å². The molecule has 0 spiro atoms. The SMILES string of the molecule is CC(C)n1cc(C(=O)N[C@H](Cc2ccccn2)C2CC(O)C2)cn1. The van der Waals surface area contributed by atoms with Crippen molar-refractivity contribution in [1.29, 1.82) is 0 Å². The molecule has 2 aromatic rings. The maximum atomic E-state index is 12.6. The van der Waals surface area contributed by atoms with Crippen molar-refractivity contribution < 1.29 is 9.90 Å². The molecule has 0 unspecified atom stereocenters. The van der Waals surface area contributed by atoms with Crippen LogP contribution in [0.3, 0.4) is 0 Å². The van der Waals surface area contributed by atoms with Gasteiger partial charge >= 0.3 is 0 Å². The summed E-state index contributed by atoms with van der Waals surface area (Å²) in [5.74, 6) is 0.162. The van der Waals surface area contributed by atoms with E-state index in [0.29, 0.717) is 12.0 Å². The lowest BCUT2D eigenvalue weighted by Gasteiger charge is -2.38. The molecule has 1 amide bonds. The number of nitrogens with one attached hydrogen (secondary N) is 1. The highest BCUT2D eigenvalue weighted by molar-refractivity contribution is 5.93. The van der Waals surface area contributed by atoms with Gasteiger partial charge in [0.15, 0.2) is 0 Å². The first kappa shape index (κ1) is 16.6. The van der Waals surface area contributed by atoms with Gasteiger partial charge in [0.25, 0.3) is 5.91 Å². The molecule has 24 heavy (non-hydrogen) atoms. The molecule has 0 radical (unpaired) electrons. The van der Waals surface area contributed by atoms with Gasteiger partial charge in [0, 0.05) is 36.6 Å². The Bertz CT molecular complexity index is 677. The van der Waals surface area contributed by atoms with Gasteiger partial charge < -0.3 is 10.4 Å². The Morgan fingerprint density at radius 3 is 2.79 bits per heavy atom. The molecule has 0 aromatic carbocycles. The summed E-state index contributed by atoms with van der Waals surface area (Å²) in [6.45, 7) is 4.04. The molecule has 2 N–H and O–H groups in total. The van der Waals surface area contributed by atoms with Gasteiger partial charge in [-0.1, -0.05) is 6.07 Å². The summed E-state index contributed by atoms with van der Waals surface area (Å²) in [6.07, 6.45) is 7.00. The standard InChI is InChI=1S/C18H24N4O2/c1-12(2)22-11-14(10-20-22)18(24)21-17(13-7-16(23)8-13)9-15-5-3-4-6-19-15/h3-6,10-13,16-17,23H,7-9H2,1-2H3,(H,21,24)/t13?,16?,17-/m1/s1. The van der Waals surface area contributed by atoms with Crippen LogP contribution in [0, 0.1) is 5.92 Å². The minimum Gasteiger partial charge on any atom is -0.393 e. The number of amides is 1. The number of pyridine rings is 1. The highest BCUT2D eigenvalue weighted by Gasteiger charge is 2.35. The van der Waals surface area contributed by atoms with Crippen molar-refractivity contribution >= 4 is 5.91 Å². The van der Waals surface area contributed by atoms with Crippen LogP contribution in [0.2, 0.25) is 0 Å². The van der Waals surface area contributed by atoms with Crippen molar-refractivity contribution in [2.75, 3.05) is 0 Å². The van der Waals surface area contributed by atoms with Crippen LogP contribution in [0.15, 0.2) is 36.8 Å². The zero-order chi connectivity index (χ0) is 17.1. The first-order chi connectivity index (χ1) is 11.5. The molecule has 2 aromatic heterocycles. The molecular weight excluding hydrogens is 304 g/mol. The van der Waals surface area contributed by atoms with Crippen LogP contribution in [0.1, 0.15) is 48.8 Å². The van der Waals surface area contributed by atoms with E-state index in [2.05, 4.69) is 15.4 Å². The molecule has 1 aliphatic carbocycles. The molecule has 6 nitrogen and oxygen atoms in total. The molecule has 1 atom stereocenters. The summed E-state index contributed by atoms with van der Waals surface area (Å²) >= 11 is 0. The Balaban J connectivity index is 1.69. The minimum absolute atomic E-state index is 0.0294.